The minimum atomic E-state index is -0.200. The maximum Gasteiger partial charge on any atom is 0.272 e. The zero-order valence-corrected chi connectivity index (χ0v) is 15.7. The van der Waals surface area contributed by atoms with Crippen molar-refractivity contribution in [3.63, 3.8) is 0 Å². The Balaban J connectivity index is 1.60. The first-order valence-electron chi connectivity index (χ1n) is 7.53. The third-order valence-electron chi connectivity index (χ3n) is 3.44. The highest BCUT2D eigenvalue weighted by atomic mass is 32.2. The quantitative estimate of drug-likeness (QED) is 0.392. The molecule has 0 aliphatic rings. The van der Waals surface area contributed by atoms with Crippen molar-refractivity contribution in [1.82, 2.24) is 14.5 Å². The first kappa shape index (κ1) is 17.0. The lowest BCUT2D eigenvalue weighted by atomic mass is 10.4. The van der Waals surface area contributed by atoms with Gasteiger partial charge in [-0.3, -0.25) is 14.2 Å². The van der Waals surface area contributed by atoms with E-state index >= 15 is 0 Å². The molecule has 7 nitrogen and oxygen atoms in total. The van der Waals surface area contributed by atoms with Crippen molar-refractivity contribution in [2.75, 3.05) is 11.1 Å². The van der Waals surface area contributed by atoms with E-state index < -0.39 is 0 Å². The van der Waals surface area contributed by atoms with Crippen molar-refractivity contribution < 1.29 is 9.21 Å². The highest BCUT2D eigenvalue weighted by Crippen LogP contribution is 2.22. The molecule has 1 N–H and O–H groups in total. The summed E-state index contributed by atoms with van der Waals surface area (Å²) in [5.41, 5.74) is 0.503. The molecule has 0 spiro atoms. The Morgan fingerprint density at radius 3 is 3.00 bits per heavy atom. The SMILES string of the molecule is O=C(CSc1nc2ccsc2c(=O)n1Cc1ccco1)Nc1nccs1. The Bertz CT molecular complexity index is 1080. The number of carbonyl (C=O) groups excluding carboxylic acids is 1. The number of hydrogen-bond donors (Lipinski definition) is 1. The number of furan rings is 1. The Labute approximate surface area is 159 Å². The molecule has 0 saturated heterocycles. The standard InChI is InChI=1S/C16H12N4O3S3/c21-12(19-15-17-4-7-25-15)9-26-16-18-11-3-6-24-13(11)14(22)20(16)8-10-2-1-5-23-10/h1-7H,8-9H2,(H,17,19,21). The van der Waals surface area contributed by atoms with Gasteiger partial charge >= 0.3 is 0 Å². The molecule has 0 atom stereocenters. The van der Waals surface area contributed by atoms with E-state index in [0.717, 1.165) is 0 Å². The second-order valence-electron chi connectivity index (χ2n) is 5.17. The number of fused-ring (bicyclic) bond motifs is 1. The number of anilines is 1. The van der Waals surface area contributed by atoms with E-state index in [4.69, 9.17) is 4.42 Å². The summed E-state index contributed by atoms with van der Waals surface area (Å²) in [6.45, 7) is 0.267. The number of aromatic nitrogens is 3. The second kappa shape index (κ2) is 7.44. The highest BCUT2D eigenvalue weighted by molar-refractivity contribution is 7.99. The molecular formula is C16H12N4O3S3. The Kier molecular flexibility index (Phi) is 4.87. The van der Waals surface area contributed by atoms with Crippen LogP contribution >= 0.6 is 34.4 Å². The number of thiophene rings is 1. The molecule has 1 amide bonds. The fourth-order valence-corrected chi connectivity index (χ4v) is 4.42. The fraction of sp³-hybridized carbons (Fsp3) is 0.125. The minimum Gasteiger partial charge on any atom is -0.467 e. The van der Waals surface area contributed by atoms with Gasteiger partial charge in [0.05, 0.1) is 24.1 Å². The van der Waals surface area contributed by atoms with Crippen molar-refractivity contribution in [3.8, 4) is 0 Å². The molecule has 4 aromatic rings. The van der Waals surface area contributed by atoms with Crippen molar-refractivity contribution in [2.45, 2.75) is 11.7 Å². The molecule has 4 rings (SSSR count). The highest BCUT2D eigenvalue weighted by Gasteiger charge is 2.15. The Hall–Kier alpha value is -2.43. The monoisotopic (exact) mass is 404 g/mol. The molecule has 132 valence electrons. The van der Waals surface area contributed by atoms with Gasteiger partial charge in [-0.1, -0.05) is 11.8 Å². The maximum atomic E-state index is 12.8. The number of nitrogens with one attached hydrogen (secondary N) is 1. The first-order chi connectivity index (χ1) is 12.7. The van der Waals surface area contributed by atoms with Gasteiger partial charge in [-0.2, -0.15) is 0 Å². The van der Waals surface area contributed by atoms with Gasteiger partial charge in [-0.05, 0) is 23.6 Å². The second-order valence-corrected chi connectivity index (χ2v) is 7.93. The molecular weight excluding hydrogens is 392 g/mol. The smallest absolute Gasteiger partial charge is 0.272 e. The number of nitrogens with zero attached hydrogens (tertiary/aromatic N) is 3. The summed E-state index contributed by atoms with van der Waals surface area (Å²) in [6.07, 6.45) is 3.19. The van der Waals surface area contributed by atoms with Crippen LogP contribution in [0.25, 0.3) is 10.2 Å². The molecule has 0 aromatic carbocycles. The summed E-state index contributed by atoms with van der Waals surface area (Å²) in [5, 5.41) is 7.37. The zero-order chi connectivity index (χ0) is 17.9. The topological polar surface area (TPSA) is 90.0 Å². The van der Waals surface area contributed by atoms with Crippen molar-refractivity contribution in [1.29, 1.82) is 0 Å². The van der Waals surface area contributed by atoms with Crippen LogP contribution in [-0.2, 0) is 11.3 Å². The Morgan fingerprint density at radius 2 is 2.23 bits per heavy atom. The van der Waals surface area contributed by atoms with Crippen molar-refractivity contribution in [2.24, 2.45) is 0 Å². The summed E-state index contributed by atoms with van der Waals surface area (Å²) in [7, 11) is 0. The molecule has 0 aliphatic carbocycles. The van der Waals surface area contributed by atoms with Gasteiger partial charge < -0.3 is 9.73 Å². The third-order valence-corrected chi connectivity index (χ3v) is 5.99. The van der Waals surface area contributed by atoms with Crippen LogP contribution in [0.3, 0.4) is 0 Å². The Morgan fingerprint density at radius 1 is 1.31 bits per heavy atom. The average Bonchev–Trinajstić information content (AvgIpc) is 3.37. The molecule has 10 heteroatoms. The van der Waals surface area contributed by atoms with Gasteiger partial charge in [-0.25, -0.2) is 9.97 Å². The third kappa shape index (κ3) is 3.57. The van der Waals surface area contributed by atoms with Crippen LogP contribution in [0.2, 0.25) is 0 Å². The van der Waals surface area contributed by atoms with Crippen molar-refractivity contribution >= 4 is 55.7 Å². The van der Waals surface area contributed by atoms with E-state index in [0.29, 0.717) is 26.3 Å². The molecule has 0 bridgehead atoms. The largest absolute Gasteiger partial charge is 0.467 e. The number of carbonyl (C=O) groups is 1. The van der Waals surface area contributed by atoms with Crippen LogP contribution in [0, 0.1) is 0 Å². The maximum absolute atomic E-state index is 12.8. The zero-order valence-electron chi connectivity index (χ0n) is 13.2. The molecule has 0 radical (unpaired) electrons. The van der Waals surface area contributed by atoms with Crippen LogP contribution in [-0.4, -0.2) is 26.2 Å². The number of hydrogen-bond acceptors (Lipinski definition) is 8. The van der Waals surface area contributed by atoms with Gasteiger partial charge in [0.1, 0.15) is 10.5 Å². The molecule has 0 fully saturated rings. The van der Waals surface area contributed by atoms with E-state index in [1.165, 1.54) is 34.4 Å². The predicted molar refractivity (Wildman–Crippen MR) is 103 cm³/mol. The van der Waals surface area contributed by atoms with Crippen LogP contribution < -0.4 is 10.9 Å². The average molecular weight is 404 g/mol. The number of thiazole rings is 1. The first-order valence-corrected chi connectivity index (χ1v) is 10.3. The van der Waals surface area contributed by atoms with Crippen LogP contribution in [0.1, 0.15) is 5.76 Å². The molecule has 4 heterocycles. The van der Waals surface area contributed by atoms with Crippen LogP contribution in [0.15, 0.2) is 55.8 Å². The number of thioether (sulfide) groups is 1. The normalized spacial score (nSPS) is 11.1. The van der Waals surface area contributed by atoms with Gasteiger partial charge in [-0.15, -0.1) is 22.7 Å². The summed E-state index contributed by atoms with van der Waals surface area (Å²) >= 11 is 3.92. The van der Waals surface area contributed by atoms with Crippen molar-refractivity contribution in [3.05, 3.63) is 57.5 Å². The van der Waals surface area contributed by atoms with Gasteiger partial charge in [0.2, 0.25) is 5.91 Å². The summed E-state index contributed by atoms with van der Waals surface area (Å²) < 4.78 is 7.49. The summed E-state index contributed by atoms with van der Waals surface area (Å²) in [5.74, 6) is 0.577. The molecule has 0 saturated carbocycles. The van der Waals surface area contributed by atoms with Crippen LogP contribution in [0.4, 0.5) is 5.13 Å². The molecule has 0 unspecified atom stereocenters. The van der Waals surface area contributed by atoms with E-state index in [1.807, 2.05) is 5.38 Å². The summed E-state index contributed by atoms with van der Waals surface area (Å²) in [6, 6.07) is 5.37. The predicted octanol–water partition coefficient (Wildman–Crippen LogP) is 3.29. The lowest BCUT2D eigenvalue weighted by Crippen LogP contribution is -2.24. The lowest BCUT2D eigenvalue weighted by molar-refractivity contribution is -0.113. The van der Waals surface area contributed by atoms with E-state index in [-0.39, 0.29) is 23.8 Å². The van der Waals surface area contributed by atoms with E-state index in [9.17, 15) is 9.59 Å². The van der Waals surface area contributed by atoms with E-state index in [2.05, 4.69) is 15.3 Å². The molecule has 0 aliphatic heterocycles. The minimum absolute atomic E-state index is 0.125. The number of amides is 1. The van der Waals surface area contributed by atoms with Gasteiger partial charge in [0.15, 0.2) is 10.3 Å². The van der Waals surface area contributed by atoms with E-state index in [1.54, 1.807) is 40.6 Å². The fourth-order valence-electron chi connectivity index (χ4n) is 2.30. The summed E-state index contributed by atoms with van der Waals surface area (Å²) in [4.78, 5) is 33.5. The number of rotatable bonds is 6. The molecule has 26 heavy (non-hydrogen) atoms. The van der Waals surface area contributed by atoms with Crippen LogP contribution in [0.5, 0.6) is 0 Å². The lowest BCUT2D eigenvalue weighted by Gasteiger charge is -2.10. The van der Waals surface area contributed by atoms with Gasteiger partial charge in [0, 0.05) is 11.6 Å². The van der Waals surface area contributed by atoms with Gasteiger partial charge in [0.25, 0.3) is 5.56 Å². The molecule has 4 aromatic heterocycles.